The van der Waals surface area contributed by atoms with Gasteiger partial charge in [0.25, 0.3) is 0 Å². The summed E-state index contributed by atoms with van der Waals surface area (Å²) >= 11 is 11.7. The number of hydrogen-bond donors (Lipinski definition) is 0. The molecule has 0 amide bonds. The lowest BCUT2D eigenvalue weighted by atomic mass is 9.96. The van der Waals surface area contributed by atoms with Crippen LogP contribution in [0.3, 0.4) is 0 Å². The van der Waals surface area contributed by atoms with E-state index in [2.05, 4.69) is 0 Å². The van der Waals surface area contributed by atoms with Gasteiger partial charge in [-0.1, -0.05) is 44.0 Å². The standard InChI is InChI=1S/C9H14Cl2O2/c1-9(2,3)8-12-4-6(10)7(11)5-13-8/h8H,4-5H2,1-3H3. The molecule has 1 rings (SSSR count). The highest BCUT2D eigenvalue weighted by atomic mass is 35.5. The minimum Gasteiger partial charge on any atom is -0.346 e. The largest absolute Gasteiger partial charge is 0.346 e. The van der Waals surface area contributed by atoms with Gasteiger partial charge in [-0.25, -0.2) is 0 Å². The Hall–Kier alpha value is 0.240. The third kappa shape index (κ3) is 3.13. The quantitative estimate of drug-likeness (QED) is 0.630. The normalized spacial score (nSPS) is 21.9. The molecule has 1 aliphatic rings. The molecule has 0 unspecified atom stereocenters. The molecule has 1 heterocycles. The predicted molar refractivity (Wildman–Crippen MR) is 53.9 cm³/mol. The molecule has 1 aliphatic heterocycles. The predicted octanol–water partition coefficient (Wildman–Crippen LogP) is 3.09. The van der Waals surface area contributed by atoms with Crippen molar-refractivity contribution in [3.8, 4) is 0 Å². The summed E-state index contributed by atoms with van der Waals surface area (Å²) in [7, 11) is 0. The fourth-order valence-electron chi connectivity index (χ4n) is 1.00. The van der Waals surface area contributed by atoms with Crippen molar-refractivity contribution in [3.05, 3.63) is 10.1 Å². The van der Waals surface area contributed by atoms with E-state index in [0.29, 0.717) is 23.3 Å². The number of hydrogen-bond acceptors (Lipinski definition) is 2. The summed E-state index contributed by atoms with van der Waals surface area (Å²) in [5.41, 5.74) is -0.0569. The van der Waals surface area contributed by atoms with E-state index in [1.54, 1.807) is 0 Å². The van der Waals surface area contributed by atoms with Crippen molar-refractivity contribution in [2.45, 2.75) is 27.1 Å². The van der Waals surface area contributed by atoms with Crippen LogP contribution < -0.4 is 0 Å². The van der Waals surface area contributed by atoms with Crippen molar-refractivity contribution >= 4 is 23.2 Å². The molecule has 0 radical (unpaired) electrons. The van der Waals surface area contributed by atoms with Gasteiger partial charge in [-0.3, -0.25) is 0 Å². The first-order valence-corrected chi connectivity index (χ1v) is 4.93. The topological polar surface area (TPSA) is 18.5 Å². The number of rotatable bonds is 0. The molecule has 0 aromatic heterocycles. The number of halogens is 2. The first-order valence-electron chi connectivity index (χ1n) is 4.17. The van der Waals surface area contributed by atoms with Gasteiger partial charge < -0.3 is 9.47 Å². The molecule has 0 saturated carbocycles. The van der Waals surface area contributed by atoms with Gasteiger partial charge in [0.05, 0.1) is 23.3 Å². The third-order valence-corrected chi connectivity index (χ3v) is 2.50. The molecule has 0 aliphatic carbocycles. The molecule has 0 aromatic rings. The lowest BCUT2D eigenvalue weighted by Crippen LogP contribution is -2.31. The summed E-state index contributed by atoms with van der Waals surface area (Å²) in [6, 6.07) is 0. The second kappa shape index (κ2) is 4.18. The van der Waals surface area contributed by atoms with Gasteiger partial charge in [-0.2, -0.15) is 0 Å². The molecule has 76 valence electrons. The molecule has 0 atom stereocenters. The first kappa shape index (κ1) is 11.3. The van der Waals surface area contributed by atoms with E-state index in [9.17, 15) is 0 Å². The van der Waals surface area contributed by atoms with Gasteiger partial charge in [0.2, 0.25) is 0 Å². The van der Waals surface area contributed by atoms with Crippen LogP contribution in [-0.4, -0.2) is 19.5 Å². The average Bonchev–Trinajstić information content (AvgIpc) is 2.14. The minimum atomic E-state index is -0.252. The van der Waals surface area contributed by atoms with Crippen LogP contribution in [0.25, 0.3) is 0 Å². The highest BCUT2D eigenvalue weighted by molar-refractivity contribution is 6.39. The summed E-state index contributed by atoms with van der Waals surface area (Å²) in [5, 5.41) is 1.07. The Labute approximate surface area is 88.8 Å². The van der Waals surface area contributed by atoms with E-state index in [4.69, 9.17) is 32.7 Å². The van der Waals surface area contributed by atoms with Gasteiger partial charge in [-0.05, 0) is 0 Å². The van der Waals surface area contributed by atoms with Crippen molar-refractivity contribution in [1.29, 1.82) is 0 Å². The molecular formula is C9H14Cl2O2. The zero-order valence-corrected chi connectivity index (χ0v) is 9.58. The van der Waals surface area contributed by atoms with Crippen LogP contribution in [0.4, 0.5) is 0 Å². The summed E-state index contributed by atoms with van der Waals surface area (Å²) in [4.78, 5) is 0. The van der Waals surface area contributed by atoms with Crippen molar-refractivity contribution < 1.29 is 9.47 Å². The molecule has 2 nitrogen and oxygen atoms in total. The Morgan fingerprint density at radius 3 is 1.77 bits per heavy atom. The van der Waals surface area contributed by atoms with Crippen LogP contribution in [0.2, 0.25) is 0 Å². The fraction of sp³-hybridized carbons (Fsp3) is 0.778. The van der Waals surface area contributed by atoms with Crippen LogP contribution in [0.15, 0.2) is 10.1 Å². The monoisotopic (exact) mass is 224 g/mol. The van der Waals surface area contributed by atoms with Crippen LogP contribution in [0.5, 0.6) is 0 Å². The van der Waals surface area contributed by atoms with Crippen LogP contribution >= 0.6 is 23.2 Å². The highest BCUT2D eigenvalue weighted by Gasteiger charge is 2.28. The Morgan fingerprint density at radius 2 is 1.46 bits per heavy atom. The fourth-order valence-corrected chi connectivity index (χ4v) is 1.24. The van der Waals surface area contributed by atoms with E-state index >= 15 is 0 Å². The van der Waals surface area contributed by atoms with E-state index < -0.39 is 0 Å². The molecule has 13 heavy (non-hydrogen) atoms. The van der Waals surface area contributed by atoms with Crippen molar-refractivity contribution in [2.75, 3.05) is 13.2 Å². The van der Waals surface area contributed by atoms with Gasteiger partial charge in [0.1, 0.15) is 0 Å². The van der Waals surface area contributed by atoms with Gasteiger partial charge in [-0.15, -0.1) is 0 Å². The molecule has 0 N–H and O–H groups in total. The summed E-state index contributed by atoms with van der Waals surface area (Å²) < 4.78 is 10.9. The maximum atomic E-state index is 5.83. The SMILES string of the molecule is CC(C)(C)C1OCC(Cl)=C(Cl)CO1. The maximum absolute atomic E-state index is 5.83. The maximum Gasteiger partial charge on any atom is 0.163 e. The average molecular weight is 225 g/mol. The molecule has 0 fully saturated rings. The van der Waals surface area contributed by atoms with Crippen LogP contribution in [0, 0.1) is 5.41 Å². The van der Waals surface area contributed by atoms with Gasteiger partial charge in [0, 0.05) is 5.41 Å². The van der Waals surface area contributed by atoms with Gasteiger partial charge >= 0.3 is 0 Å². The summed E-state index contributed by atoms with van der Waals surface area (Å²) in [6.45, 7) is 6.81. The van der Waals surface area contributed by atoms with E-state index in [1.807, 2.05) is 20.8 Å². The highest BCUT2D eigenvalue weighted by Crippen LogP contribution is 2.28. The van der Waals surface area contributed by atoms with Gasteiger partial charge in [0.15, 0.2) is 6.29 Å². The second-order valence-electron chi connectivity index (χ2n) is 4.13. The molecule has 0 aromatic carbocycles. The minimum absolute atomic E-state index is 0.0569. The smallest absolute Gasteiger partial charge is 0.163 e. The zero-order valence-electron chi connectivity index (χ0n) is 8.06. The molecule has 0 saturated heterocycles. The van der Waals surface area contributed by atoms with Crippen LogP contribution in [0.1, 0.15) is 20.8 Å². The van der Waals surface area contributed by atoms with E-state index in [-0.39, 0.29) is 11.7 Å². The molecule has 0 bridgehead atoms. The number of ether oxygens (including phenoxy) is 2. The Kier molecular flexibility index (Phi) is 3.64. The van der Waals surface area contributed by atoms with E-state index in [0.717, 1.165) is 0 Å². The molecular weight excluding hydrogens is 211 g/mol. The second-order valence-corrected chi connectivity index (χ2v) is 5.04. The van der Waals surface area contributed by atoms with Crippen molar-refractivity contribution in [3.63, 3.8) is 0 Å². The lowest BCUT2D eigenvalue weighted by Gasteiger charge is -2.28. The Bertz CT molecular complexity index is 202. The van der Waals surface area contributed by atoms with Crippen molar-refractivity contribution in [2.24, 2.45) is 5.41 Å². The zero-order chi connectivity index (χ0) is 10.1. The van der Waals surface area contributed by atoms with Crippen LogP contribution in [-0.2, 0) is 9.47 Å². The van der Waals surface area contributed by atoms with E-state index in [1.165, 1.54) is 0 Å². The Balaban J connectivity index is 2.62. The molecule has 0 spiro atoms. The Morgan fingerprint density at radius 1 is 1.08 bits per heavy atom. The van der Waals surface area contributed by atoms with Crippen molar-refractivity contribution in [1.82, 2.24) is 0 Å². The summed E-state index contributed by atoms with van der Waals surface area (Å²) in [5.74, 6) is 0. The first-order chi connectivity index (χ1) is 5.91. The lowest BCUT2D eigenvalue weighted by molar-refractivity contribution is -0.178. The third-order valence-electron chi connectivity index (χ3n) is 1.72. The summed E-state index contributed by atoms with van der Waals surface area (Å²) in [6.07, 6.45) is -0.252. The molecule has 4 heteroatoms.